The number of aromatic nitrogens is 1. The molecule has 0 spiro atoms. The van der Waals surface area contributed by atoms with Gasteiger partial charge in [0.2, 0.25) is 5.91 Å². The van der Waals surface area contributed by atoms with E-state index in [0.717, 1.165) is 22.7 Å². The van der Waals surface area contributed by atoms with Crippen LogP contribution >= 0.6 is 11.3 Å². The summed E-state index contributed by atoms with van der Waals surface area (Å²) in [6.45, 7) is 2.33. The van der Waals surface area contributed by atoms with Crippen molar-refractivity contribution >= 4 is 22.9 Å². The quantitative estimate of drug-likeness (QED) is 0.881. The van der Waals surface area contributed by atoms with E-state index in [0.29, 0.717) is 6.54 Å². The van der Waals surface area contributed by atoms with Gasteiger partial charge in [-0.1, -0.05) is 19.1 Å². The van der Waals surface area contributed by atoms with Crippen molar-refractivity contribution in [2.24, 2.45) is 11.7 Å². The molecule has 1 aromatic carbocycles. The fourth-order valence-electron chi connectivity index (χ4n) is 1.80. The Morgan fingerprint density at radius 1 is 1.53 bits per heavy atom. The van der Waals surface area contributed by atoms with Crippen molar-refractivity contribution in [2.75, 3.05) is 11.9 Å². The SMILES string of the molecule is CCC(CN)C(=O)Nc1cccc(-c2nccs2)c1. The number of carbonyl (C=O) groups excluding carboxylic acids is 1. The van der Waals surface area contributed by atoms with Gasteiger partial charge in [-0.05, 0) is 18.6 Å². The standard InChI is InChI=1S/C14H17N3OS/c1-2-10(9-15)13(18)17-12-5-3-4-11(8-12)14-16-6-7-19-14/h3-8,10H,2,9,15H2,1H3,(H,17,18). The average Bonchev–Trinajstić information content (AvgIpc) is 2.94. The molecule has 2 rings (SSSR count). The molecule has 1 heterocycles. The monoisotopic (exact) mass is 275 g/mol. The first kappa shape index (κ1) is 13.7. The van der Waals surface area contributed by atoms with Crippen LogP contribution in [0.2, 0.25) is 0 Å². The Morgan fingerprint density at radius 2 is 2.37 bits per heavy atom. The first-order valence-corrected chi connectivity index (χ1v) is 7.13. The summed E-state index contributed by atoms with van der Waals surface area (Å²) in [7, 11) is 0. The number of hydrogen-bond acceptors (Lipinski definition) is 4. The molecule has 19 heavy (non-hydrogen) atoms. The topological polar surface area (TPSA) is 68.0 Å². The Labute approximate surface area is 116 Å². The number of nitrogens with zero attached hydrogens (tertiary/aromatic N) is 1. The van der Waals surface area contributed by atoms with Crippen molar-refractivity contribution in [3.63, 3.8) is 0 Å². The van der Waals surface area contributed by atoms with Crippen LogP contribution in [-0.2, 0) is 4.79 Å². The summed E-state index contributed by atoms with van der Waals surface area (Å²) < 4.78 is 0. The summed E-state index contributed by atoms with van der Waals surface area (Å²) in [6, 6.07) is 7.70. The van der Waals surface area contributed by atoms with Gasteiger partial charge in [-0.25, -0.2) is 4.98 Å². The van der Waals surface area contributed by atoms with E-state index in [9.17, 15) is 4.79 Å². The van der Waals surface area contributed by atoms with Crippen LogP contribution in [0, 0.1) is 5.92 Å². The molecular weight excluding hydrogens is 258 g/mol. The fraction of sp³-hybridized carbons (Fsp3) is 0.286. The Kier molecular flexibility index (Phi) is 4.65. The number of carbonyl (C=O) groups is 1. The van der Waals surface area contributed by atoms with Crippen LogP contribution in [0.1, 0.15) is 13.3 Å². The van der Waals surface area contributed by atoms with E-state index in [-0.39, 0.29) is 11.8 Å². The molecule has 1 atom stereocenters. The molecule has 5 heteroatoms. The van der Waals surface area contributed by atoms with Gasteiger partial charge in [-0.15, -0.1) is 11.3 Å². The molecule has 1 unspecified atom stereocenters. The molecule has 4 nitrogen and oxygen atoms in total. The zero-order chi connectivity index (χ0) is 13.7. The molecule has 0 fully saturated rings. The predicted octanol–water partition coefficient (Wildman–Crippen LogP) is 2.73. The van der Waals surface area contributed by atoms with Crippen LogP contribution in [0.5, 0.6) is 0 Å². The summed E-state index contributed by atoms with van der Waals surface area (Å²) in [5.41, 5.74) is 7.37. The highest BCUT2D eigenvalue weighted by atomic mass is 32.1. The van der Waals surface area contributed by atoms with Gasteiger partial charge in [0, 0.05) is 29.4 Å². The van der Waals surface area contributed by atoms with Crippen molar-refractivity contribution in [3.8, 4) is 10.6 Å². The molecule has 1 aromatic heterocycles. The summed E-state index contributed by atoms with van der Waals surface area (Å²) in [5.74, 6) is -0.162. The maximum absolute atomic E-state index is 12.0. The number of nitrogens with one attached hydrogen (secondary N) is 1. The van der Waals surface area contributed by atoms with Gasteiger partial charge in [-0.2, -0.15) is 0 Å². The maximum atomic E-state index is 12.0. The van der Waals surface area contributed by atoms with Gasteiger partial charge >= 0.3 is 0 Å². The lowest BCUT2D eigenvalue weighted by molar-refractivity contribution is -0.119. The lowest BCUT2D eigenvalue weighted by Crippen LogP contribution is -2.28. The zero-order valence-electron chi connectivity index (χ0n) is 10.8. The summed E-state index contributed by atoms with van der Waals surface area (Å²) >= 11 is 1.58. The first-order chi connectivity index (χ1) is 9.24. The molecule has 1 amide bonds. The molecule has 0 aliphatic heterocycles. The minimum atomic E-state index is -0.136. The number of benzene rings is 1. The molecular formula is C14H17N3OS. The predicted molar refractivity (Wildman–Crippen MR) is 79.0 cm³/mol. The minimum absolute atomic E-state index is 0.0266. The first-order valence-electron chi connectivity index (χ1n) is 6.25. The number of thiazole rings is 1. The summed E-state index contributed by atoms with van der Waals surface area (Å²) in [5, 5.41) is 5.78. The Hall–Kier alpha value is -1.72. The van der Waals surface area contributed by atoms with Crippen LogP contribution < -0.4 is 11.1 Å². The van der Waals surface area contributed by atoms with Crippen LogP contribution in [0.15, 0.2) is 35.8 Å². The van der Waals surface area contributed by atoms with Crippen molar-refractivity contribution < 1.29 is 4.79 Å². The zero-order valence-corrected chi connectivity index (χ0v) is 11.6. The van der Waals surface area contributed by atoms with Gasteiger partial charge < -0.3 is 11.1 Å². The van der Waals surface area contributed by atoms with E-state index in [1.165, 1.54) is 0 Å². The Bertz CT molecular complexity index is 535. The largest absolute Gasteiger partial charge is 0.330 e. The molecule has 0 bridgehead atoms. The van der Waals surface area contributed by atoms with E-state index < -0.39 is 0 Å². The third-order valence-electron chi connectivity index (χ3n) is 2.96. The second-order valence-corrected chi connectivity index (χ2v) is 5.14. The Balaban J connectivity index is 2.14. The van der Waals surface area contributed by atoms with Gasteiger partial charge in [0.05, 0.1) is 5.92 Å². The van der Waals surface area contributed by atoms with Crippen molar-refractivity contribution in [1.82, 2.24) is 4.98 Å². The lowest BCUT2D eigenvalue weighted by Gasteiger charge is -2.13. The highest BCUT2D eigenvalue weighted by molar-refractivity contribution is 7.13. The molecule has 0 aliphatic rings. The van der Waals surface area contributed by atoms with Gasteiger partial charge in [0.25, 0.3) is 0 Å². The van der Waals surface area contributed by atoms with E-state index in [1.54, 1.807) is 17.5 Å². The average molecular weight is 275 g/mol. The highest BCUT2D eigenvalue weighted by Crippen LogP contribution is 2.24. The highest BCUT2D eigenvalue weighted by Gasteiger charge is 2.14. The normalized spacial score (nSPS) is 12.1. The minimum Gasteiger partial charge on any atom is -0.330 e. The molecule has 0 radical (unpaired) electrons. The third-order valence-corrected chi connectivity index (χ3v) is 3.78. The second kappa shape index (κ2) is 6.45. The van der Waals surface area contributed by atoms with Crippen LogP contribution in [0.25, 0.3) is 10.6 Å². The molecule has 3 N–H and O–H groups in total. The molecule has 2 aromatic rings. The molecule has 0 saturated heterocycles. The van der Waals surface area contributed by atoms with Crippen LogP contribution in [-0.4, -0.2) is 17.4 Å². The Morgan fingerprint density at radius 3 is 3.00 bits per heavy atom. The number of amides is 1. The van der Waals surface area contributed by atoms with Gasteiger partial charge in [0.15, 0.2) is 0 Å². The number of nitrogens with two attached hydrogens (primary N) is 1. The lowest BCUT2D eigenvalue weighted by atomic mass is 10.1. The summed E-state index contributed by atoms with van der Waals surface area (Å²) in [4.78, 5) is 16.2. The molecule has 100 valence electrons. The van der Waals surface area contributed by atoms with Crippen LogP contribution in [0.4, 0.5) is 5.69 Å². The van der Waals surface area contributed by atoms with Gasteiger partial charge in [-0.3, -0.25) is 4.79 Å². The fourth-order valence-corrected chi connectivity index (χ4v) is 2.43. The van der Waals surface area contributed by atoms with Crippen molar-refractivity contribution in [3.05, 3.63) is 35.8 Å². The number of hydrogen-bond donors (Lipinski definition) is 2. The summed E-state index contributed by atoms with van der Waals surface area (Å²) in [6.07, 6.45) is 2.52. The van der Waals surface area contributed by atoms with Crippen molar-refractivity contribution in [2.45, 2.75) is 13.3 Å². The van der Waals surface area contributed by atoms with E-state index in [2.05, 4.69) is 10.3 Å². The number of anilines is 1. The second-order valence-electron chi connectivity index (χ2n) is 4.25. The van der Waals surface area contributed by atoms with E-state index in [1.807, 2.05) is 36.6 Å². The van der Waals surface area contributed by atoms with E-state index in [4.69, 9.17) is 5.73 Å². The number of rotatable bonds is 5. The van der Waals surface area contributed by atoms with Crippen molar-refractivity contribution in [1.29, 1.82) is 0 Å². The maximum Gasteiger partial charge on any atom is 0.228 e. The van der Waals surface area contributed by atoms with Gasteiger partial charge in [0.1, 0.15) is 5.01 Å². The van der Waals surface area contributed by atoms with Crippen LogP contribution in [0.3, 0.4) is 0 Å². The third kappa shape index (κ3) is 3.39. The van der Waals surface area contributed by atoms with E-state index >= 15 is 0 Å². The smallest absolute Gasteiger partial charge is 0.228 e. The molecule has 0 saturated carbocycles. The molecule has 0 aliphatic carbocycles.